The van der Waals surface area contributed by atoms with Gasteiger partial charge in [-0.2, -0.15) is 0 Å². The van der Waals surface area contributed by atoms with E-state index < -0.39 is 0 Å². The number of aryl methyl sites for hydroxylation is 1. The van der Waals surface area contributed by atoms with E-state index in [9.17, 15) is 0 Å². The van der Waals surface area contributed by atoms with Crippen LogP contribution in [0.2, 0.25) is 0 Å². The van der Waals surface area contributed by atoms with Gasteiger partial charge >= 0.3 is 0 Å². The van der Waals surface area contributed by atoms with Crippen LogP contribution in [-0.4, -0.2) is 16.2 Å². The lowest BCUT2D eigenvalue weighted by molar-refractivity contribution is 1.10. The van der Waals surface area contributed by atoms with Crippen LogP contribution in [-0.2, 0) is 6.54 Å². The quantitative estimate of drug-likeness (QED) is 0.697. The minimum absolute atomic E-state index is 0.640. The van der Waals surface area contributed by atoms with Crippen LogP contribution in [0.25, 0.3) is 10.4 Å². The molecule has 5 heteroatoms. The molecule has 2 N–H and O–H groups in total. The van der Waals surface area contributed by atoms with Crippen LogP contribution in [0.1, 0.15) is 16.1 Å². The molecule has 0 amide bonds. The van der Waals surface area contributed by atoms with Gasteiger partial charge in [0.2, 0.25) is 0 Å². The Kier molecular flexibility index (Phi) is 4.25. The molecule has 0 aliphatic rings. The first-order valence-electron chi connectivity index (χ1n) is 6.96. The first-order valence-corrected chi connectivity index (χ1v) is 7.78. The summed E-state index contributed by atoms with van der Waals surface area (Å²) in [6.45, 7) is 2.75. The van der Waals surface area contributed by atoms with Gasteiger partial charge in [-0.05, 0) is 36.8 Å². The highest BCUT2D eigenvalue weighted by molar-refractivity contribution is 7.15. The maximum Gasteiger partial charge on any atom is 0.104 e. The van der Waals surface area contributed by atoms with Crippen LogP contribution in [0.15, 0.2) is 48.9 Å². The highest BCUT2D eigenvalue weighted by Crippen LogP contribution is 2.29. The van der Waals surface area contributed by atoms with Gasteiger partial charge in [0.1, 0.15) is 5.69 Å². The molecule has 0 aliphatic heterocycles. The standard InChI is InChI=1S/C17H16N4S/c1-12-4-5-17(22-12)14-7-15(16(8-18)21-11-14)20-10-13-3-2-6-19-9-13/h2-9,11,18,20H,10H2,1H3. The topological polar surface area (TPSA) is 61.7 Å². The molecular weight excluding hydrogens is 292 g/mol. The molecule has 0 unspecified atom stereocenters. The number of pyridine rings is 2. The highest BCUT2D eigenvalue weighted by atomic mass is 32.1. The van der Waals surface area contributed by atoms with Gasteiger partial charge < -0.3 is 10.7 Å². The van der Waals surface area contributed by atoms with Crippen LogP contribution < -0.4 is 5.32 Å². The molecule has 0 atom stereocenters. The molecule has 0 aromatic carbocycles. The second-order valence-electron chi connectivity index (χ2n) is 4.93. The summed E-state index contributed by atoms with van der Waals surface area (Å²) in [6, 6.07) is 10.2. The molecule has 3 aromatic heterocycles. The average Bonchev–Trinajstić information content (AvgIpc) is 3.00. The van der Waals surface area contributed by atoms with Crippen molar-refractivity contribution in [2.24, 2.45) is 0 Å². The van der Waals surface area contributed by atoms with E-state index in [4.69, 9.17) is 5.41 Å². The lowest BCUT2D eigenvalue weighted by Crippen LogP contribution is -2.04. The molecular formula is C17H16N4S. The van der Waals surface area contributed by atoms with Crippen molar-refractivity contribution in [3.63, 3.8) is 0 Å². The zero-order valence-electron chi connectivity index (χ0n) is 12.2. The lowest BCUT2D eigenvalue weighted by Gasteiger charge is -2.10. The van der Waals surface area contributed by atoms with E-state index in [-0.39, 0.29) is 0 Å². The van der Waals surface area contributed by atoms with Gasteiger partial charge in [0.05, 0.1) is 5.69 Å². The monoisotopic (exact) mass is 308 g/mol. The van der Waals surface area contributed by atoms with E-state index in [0.29, 0.717) is 12.2 Å². The largest absolute Gasteiger partial charge is 0.379 e. The molecule has 3 heterocycles. The minimum atomic E-state index is 0.640. The summed E-state index contributed by atoms with van der Waals surface area (Å²) in [5.74, 6) is 0. The van der Waals surface area contributed by atoms with Gasteiger partial charge in [-0.15, -0.1) is 11.3 Å². The van der Waals surface area contributed by atoms with Gasteiger partial charge in [-0.1, -0.05) is 6.07 Å². The summed E-state index contributed by atoms with van der Waals surface area (Å²) in [7, 11) is 0. The van der Waals surface area contributed by atoms with E-state index in [2.05, 4.69) is 40.4 Å². The average molecular weight is 308 g/mol. The maximum atomic E-state index is 7.51. The zero-order valence-corrected chi connectivity index (χ0v) is 13.0. The predicted molar refractivity (Wildman–Crippen MR) is 91.7 cm³/mol. The van der Waals surface area contributed by atoms with Crippen molar-refractivity contribution in [3.8, 4) is 10.4 Å². The Bertz CT molecular complexity index is 780. The number of anilines is 1. The fourth-order valence-corrected chi connectivity index (χ4v) is 3.00. The molecule has 110 valence electrons. The molecule has 3 aromatic rings. The van der Waals surface area contributed by atoms with Gasteiger partial charge in [0, 0.05) is 46.7 Å². The third-order valence-electron chi connectivity index (χ3n) is 3.29. The van der Waals surface area contributed by atoms with Crippen molar-refractivity contribution < 1.29 is 0 Å². The van der Waals surface area contributed by atoms with E-state index >= 15 is 0 Å². The number of thiophene rings is 1. The first-order chi connectivity index (χ1) is 10.8. The predicted octanol–water partition coefficient (Wildman–Crippen LogP) is 4.12. The van der Waals surface area contributed by atoms with Crippen LogP contribution in [0, 0.1) is 12.3 Å². The Morgan fingerprint density at radius 3 is 2.86 bits per heavy atom. The Morgan fingerprint density at radius 1 is 1.27 bits per heavy atom. The Labute approximate surface area is 133 Å². The summed E-state index contributed by atoms with van der Waals surface area (Å²) in [5, 5.41) is 10.9. The summed E-state index contributed by atoms with van der Waals surface area (Å²) in [5.41, 5.74) is 3.66. The summed E-state index contributed by atoms with van der Waals surface area (Å²) in [6.07, 6.45) is 6.68. The number of nitrogens with one attached hydrogen (secondary N) is 2. The van der Waals surface area contributed by atoms with Crippen LogP contribution in [0.4, 0.5) is 5.69 Å². The maximum absolute atomic E-state index is 7.51. The van der Waals surface area contributed by atoms with E-state index in [1.54, 1.807) is 17.5 Å². The molecule has 0 radical (unpaired) electrons. The van der Waals surface area contributed by atoms with Gasteiger partial charge in [-0.25, -0.2) is 0 Å². The van der Waals surface area contributed by atoms with E-state index in [1.807, 2.05) is 24.5 Å². The molecule has 0 saturated heterocycles. The zero-order chi connectivity index (χ0) is 15.4. The number of hydrogen-bond acceptors (Lipinski definition) is 5. The molecule has 0 aliphatic carbocycles. The van der Waals surface area contributed by atoms with Crippen LogP contribution in [0.3, 0.4) is 0 Å². The molecule has 4 nitrogen and oxygen atoms in total. The van der Waals surface area contributed by atoms with E-state index in [1.165, 1.54) is 16.0 Å². The number of nitrogens with zero attached hydrogens (tertiary/aromatic N) is 2. The molecule has 22 heavy (non-hydrogen) atoms. The smallest absolute Gasteiger partial charge is 0.104 e. The molecule has 0 bridgehead atoms. The fourth-order valence-electron chi connectivity index (χ4n) is 2.16. The lowest BCUT2D eigenvalue weighted by atomic mass is 10.2. The van der Waals surface area contributed by atoms with Crippen molar-refractivity contribution >= 4 is 23.2 Å². The number of rotatable bonds is 5. The molecule has 0 spiro atoms. The first kappa shape index (κ1) is 14.4. The van der Waals surface area contributed by atoms with Crippen molar-refractivity contribution in [1.29, 1.82) is 5.41 Å². The van der Waals surface area contributed by atoms with Crippen molar-refractivity contribution in [2.75, 3.05) is 5.32 Å². The minimum Gasteiger partial charge on any atom is -0.379 e. The molecule has 0 saturated carbocycles. The fraction of sp³-hybridized carbons (Fsp3) is 0.118. The Morgan fingerprint density at radius 2 is 2.18 bits per heavy atom. The van der Waals surface area contributed by atoms with E-state index in [0.717, 1.165) is 16.8 Å². The Hall–Kier alpha value is -2.53. The SMILES string of the molecule is Cc1ccc(-c2cnc(C=N)c(NCc3cccnc3)c2)s1. The van der Waals surface area contributed by atoms with Gasteiger partial charge in [0.15, 0.2) is 0 Å². The third kappa shape index (κ3) is 3.20. The highest BCUT2D eigenvalue weighted by Gasteiger charge is 2.07. The summed E-state index contributed by atoms with van der Waals surface area (Å²) in [4.78, 5) is 10.9. The van der Waals surface area contributed by atoms with Crippen LogP contribution in [0.5, 0.6) is 0 Å². The Balaban J connectivity index is 1.86. The molecule has 0 fully saturated rings. The van der Waals surface area contributed by atoms with Gasteiger partial charge in [-0.3, -0.25) is 9.97 Å². The second-order valence-corrected chi connectivity index (χ2v) is 6.21. The summed E-state index contributed by atoms with van der Waals surface area (Å²) >= 11 is 1.74. The third-order valence-corrected chi connectivity index (χ3v) is 4.34. The van der Waals surface area contributed by atoms with Crippen molar-refractivity contribution in [2.45, 2.75) is 13.5 Å². The van der Waals surface area contributed by atoms with Gasteiger partial charge in [0.25, 0.3) is 0 Å². The number of hydrogen-bond donors (Lipinski definition) is 2. The van der Waals surface area contributed by atoms with Crippen molar-refractivity contribution in [3.05, 3.63) is 65.1 Å². The number of aromatic nitrogens is 2. The molecule has 3 rings (SSSR count). The summed E-state index contributed by atoms with van der Waals surface area (Å²) < 4.78 is 0. The second kappa shape index (κ2) is 6.49. The van der Waals surface area contributed by atoms with Crippen molar-refractivity contribution in [1.82, 2.24) is 9.97 Å². The van der Waals surface area contributed by atoms with Crippen LogP contribution >= 0.6 is 11.3 Å². The normalized spacial score (nSPS) is 10.4.